The van der Waals surface area contributed by atoms with Crippen molar-refractivity contribution in [1.29, 1.82) is 0 Å². The maximum absolute atomic E-state index is 6.21. The lowest BCUT2D eigenvalue weighted by molar-refractivity contribution is 0.171. The number of benzene rings is 1. The number of aryl methyl sites for hydroxylation is 1. The molecular weight excluding hydrogens is 268 g/mol. The smallest absolute Gasteiger partial charge is 0.163 e. The number of anilines is 1. The summed E-state index contributed by atoms with van der Waals surface area (Å²) in [6, 6.07) is 3.61. The lowest BCUT2D eigenvalue weighted by atomic mass is 10.2. The van der Waals surface area contributed by atoms with Crippen LogP contribution >= 0.6 is 11.6 Å². The van der Waals surface area contributed by atoms with Crippen LogP contribution in [0.3, 0.4) is 0 Å². The summed E-state index contributed by atoms with van der Waals surface area (Å²) in [7, 11) is 1.84. The number of hydrogen-bond donors (Lipinski definition) is 1. The average molecular weight is 281 g/mol. The molecule has 2 heterocycles. The molecule has 1 aliphatic rings. The van der Waals surface area contributed by atoms with E-state index in [9.17, 15) is 0 Å². The van der Waals surface area contributed by atoms with Crippen LogP contribution in [0.25, 0.3) is 0 Å². The van der Waals surface area contributed by atoms with Crippen molar-refractivity contribution in [3.8, 4) is 11.5 Å². The van der Waals surface area contributed by atoms with Crippen molar-refractivity contribution < 1.29 is 9.47 Å². The van der Waals surface area contributed by atoms with Gasteiger partial charge in [-0.25, -0.2) is 0 Å². The topological polar surface area (TPSA) is 61.2 Å². The van der Waals surface area contributed by atoms with Crippen LogP contribution in [-0.4, -0.2) is 28.2 Å². The first kappa shape index (κ1) is 12.1. The Morgan fingerprint density at radius 2 is 2.05 bits per heavy atom. The standard InChI is InChI=1S/C12H13ClN4O2/c1-17-8(7-15-16-17)6-14-10-5-12-11(4-9(10)13)18-2-3-19-12/h4-5,7,14H,2-3,6H2,1H3. The summed E-state index contributed by atoms with van der Waals surface area (Å²) in [6.45, 7) is 1.69. The largest absolute Gasteiger partial charge is 0.486 e. The molecule has 0 bridgehead atoms. The SMILES string of the molecule is Cn1nncc1CNc1cc2c(cc1Cl)OCCO2. The third-order valence-corrected chi connectivity index (χ3v) is 3.21. The van der Waals surface area contributed by atoms with Crippen molar-refractivity contribution in [2.24, 2.45) is 7.05 Å². The number of nitrogens with one attached hydrogen (secondary N) is 1. The molecule has 0 saturated carbocycles. The van der Waals surface area contributed by atoms with Gasteiger partial charge in [0.05, 0.1) is 29.1 Å². The van der Waals surface area contributed by atoms with Gasteiger partial charge >= 0.3 is 0 Å². The van der Waals surface area contributed by atoms with Crippen molar-refractivity contribution in [2.75, 3.05) is 18.5 Å². The Bertz CT molecular complexity index is 599. The van der Waals surface area contributed by atoms with Crippen LogP contribution in [0.5, 0.6) is 11.5 Å². The maximum atomic E-state index is 6.21. The summed E-state index contributed by atoms with van der Waals surface area (Å²) in [4.78, 5) is 0. The van der Waals surface area contributed by atoms with Gasteiger partial charge < -0.3 is 14.8 Å². The third-order valence-electron chi connectivity index (χ3n) is 2.90. The molecule has 0 atom stereocenters. The molecule has 3 rings (SSSR count). The van der Waals surface area contributed by atoms with E-state index in [1.165, 1.54) is 0 Å². The molecule has 0 spiro atoms. The van der Waals surface area contributed by atoms with E-state index in [2.05, 4.69) is 15.6 Å². The maximum Gasteiger partial charge on any atom is 0.163 e. The Hall–Kier alpha value is -1.95. The predicted molar refractivity (Wildman–Crippen MR) is 70.8 cm³/mol. The van der Waals surface area contributed by atoms with Crippen molar-refractivity contribution in [2.45, 2.75) is 6.54 Å². The first-order valence-corrected chi connectivity index (χ1v) is 6.28. The van der Waals surface area contributed by atoms with Crippen molar-refractivity contribution in [3.05, 3.63) is 29.0 Å². The minimum atomic E-state index is 0.552. The molecular formula is C12H13ClN4O2. The van der Waals surface area contributed by atoms with Gasteiger partial charge in [0.15, 0.2) is 11.5 Å². The summed E-state index contributed by atoms with van der Waals surface area (Å²) in [5.74, 6) is 1.39. The number of aromatic nitrogens is 3. The molecule has 6 nitrogen and oxygen atoms in total. The van der Waals surface area contributed by atoms with E-state index in [0.29, 0.717) is 36.3 Å². The highest BCUT2D eigenvalue weighted by Gasteiger charge is 2.15. The molecule has 19 heavy (non-hydrogen) atoms. The van der Waals surface area contributed by atoms with Crippen molar-refractivity contribution >= 4 is 17.3 Å². The van der Waals surface area contributed by atoms with Gasteiger partial charge in [0.25, 0.3) is 0 Å². The highest BCUT2D eigenvalue weighted by molar-refractivity contribution is 6.33. The lowest BCUT2D eigenvalue weighted by Crippen LogP contribution is -2.15. The molecule has 2 aromatic rings. The van der Waals surface area contributed by atoms with Gasteiger partial charge in [0.1, 0.15) is 13.2 Å². The molecule has 1 N–H and O–H groups in total. The number of rotatable bonds is 3. The van der Waals surface area contributed by atoms with Crippen molar-refractivity contribution in [3.63, 3.8) is 0 Å². The first-order chi connectivity index (χ1) is 9.24. The Morgan fingerprint density at radius 3 is 2.74 bits per heavy atom. The summed E-state index contributed by atoms with van der Waals surface area (Å²) >= 11 is 6.21. The number of hydrogen-bond acceptors (Lipinski definition) is 5. The number of halogens is 1. The van der Waals surface area contributed by atoms with Gasteiger partial charge in [0.2, 0.25) is 0 Å². The molecule has 0 saturated heterocycles. The van der Waals surface area contributed by atoms with E-state index in [4.69, 9.17) is 21.1 Å². The number of nitrogens with zero attached hydrogens (tertiary/aromatic N) is 3. The van der Waals surface area contributed by atoms with Crippen molar-refractivity contribution in [1.82, 2.24) is 15.0 Å². The van der Waals surface area contributed by atoms with E-state index < -0.39 is 0 Å². The van der Waals surface area contributed by atoms with E-state index in [0.717, 1.165) is 11.4 Å². The van der Waals surface area contributed by atoms with E-state index in [1.54, 1.807) is 16.9 Å². The quantitative estimate of drug-likeness (QED) is 0.930. The highest BCUT2D eigenvalue weighted by Crippen LogP contribution is 2.38. The Balaban J connectivity index is 1.79. The van der Waals surface area contributed by atoms with Gasteiger partial charge in [-0.05, 0) is 0 Å². The van der Waals surface area contributed by atoms with Gasteiger partial charge in [-0.2, -0.15) is 0 Å². The summed E-state index contributed by atoms with van der Waals surface area (Å²) in [5, 5.41) is 11.5. The van der Waals surface area contributed by atoms with Gasteiger partial charge in [0, 0.05) is 19.2 Å². The van der Waals surface area contributed by atoms with Crippen LogP contribution in [-0.2, 0) is 13.6 Å². The van der Waals surface area contributed by atoms with Crippen LogP contribution in [0.15, 0.2) is 18.3 Å². The Labute approximate surface area is 115 Å². The lowest BCUT2D eigenvalue weighted by Gasteiger charge is -2.20. The molecule has 0 unspecified atom stereocenters. The predicted octanol–water partition coefficient (Wildman–Crippen LogP) is 1.85. The zero-order valence-electron chi connectivity index (χ0n) is 10.4. The number of fused-ring (bicyclic) bond motifs is 1. The second kappa shape index (κ2) is 4.97. The molecule has 0 fully saturated rings. The van der Waals surface area contributed by atoms with E-state index >= 15 is 0 Å². The zero-order chi connectivity index (χ0) is 13.2. The minimum Gasteiger partial charge on any atom is -0.486 e. The molecule has 0 radical (unpaired) electrons. The fourth-order valence-electron chi connectivity index (χ4n) is 1.86. The fraction of sp³-hybridized carbons (Fsp3) is 0.333. The van der Waals surface area contributed by atoms with Crippen LogP contribution in [0.4, 0.5) is 5.69 Å². The van der Waals surface area contributed by atoms with E-state index in [-0.39, 0.29) is 0 Å². The molecule has 0 aliphatic carbocycles. The van der Waals surface area contributed by atoms with Gasteiger partial charge in [-0.3, -0.25) is 4.68 Å². The molecule has 0 amide bonds. The summed E-state index contributed by atoms with van der Waals surface area (Å²) < 4.78 is 12.7. The summed E-state index contributed by atoms with van der Waals surface area (Å²) in [5.41, 5.74) is 1.76. The zero-order valence-corrected chi connectivity index (χ0v) is 11.1. The summed E-state index contributed by atoms with van der Waals surface area (Å²) in [6.07, 6.45) is 1.71. The molecule has 7 heteroatoms. The first-order valence-electron chi connectivity index (χ1n) is 5.90. The van der Waals surface area contributed by atoms with Crippen LogP contribution < -0.4 is 14.8 Å². The molecule has 1 aliphatic heterocycles. The Morgan fingerprint density at radius 1 is 1.32 bits per heavy atom. The highest BCUT2D eigenvalue weighted by atomic mass is 35.5. The van der Waals surface area contributed by atoms with Gasteiger partial charge in [-0.1, -0.05) is 16.8 Å². The molecule has 1 aromatic heterocycles. The Kier molecular flexibility index (Phi) is 3.16. The molecule has 100 valence electrons. The average Bonchev–Trinajstić information content (AvgIpc) is 2.82. The molecule has 1 aromatic carbocycles. The second-order valence-corrected chi connectivity index (χ2v) is 4.59. The van der Waals surface area contributed by atoms with E-state index in [1.807, 2.05) is 13.1 Å². The monoisotopic (exact) mass is 280 g/mol. The van der Waals surface area contributed by atoms with Crippen LogP contribution in [0.2, 0.25) is 5.02 Å². The minimum absolute atomic E-state index is 0.552. The fourth-order valence-corrected chi connectivity index (χ4v) is 2.08. The van der Waals surface area contributed by atoms with Gasteiger partial charge in [-0.15, -0.1) is 5.10 Å². The van der Waals surface area contributed by atoms with Crippen LogP contribution in [0.1, 0.15) is 5.69 Å². The third kappa shape index (κ3) is 2.44. The number of ether oxygens (including phenoxy) is 2. The normalized spacial score (nSPS) is 13.4. The van der Waals surface area contributed by atoms with Crippen LogP contribution in [0, 0.1) is 0 Å². The second-order valence-electron chi connectivity index (χ2n) is 4.18.